The monoisotopic (exact) mass is 168 g/mol. The maximum Gasteiger partial charge on any atom is 1.00 e. The van der Waals surface area contributed by atoms with Crippen molar-refractivity contribution >= 4 is 5.71 Å². The van der Waals surface area contributed by atoms with Crippen LogP contribution in [0.5, 0.6) is 0 Å². The second-order valence-corrected chi connectivity index (χ2v) is 1.92. The maximum atomic E-state index is 10.0. The summed E-state index contributed by atoms with van der Waals surface area (Å²) in [4.78, 5) is 0. The summed E-state index contributed by atoms with van der Waals surface area (Å²) in [6.07, 6.45) is 0. The molecule has 0 heterocycles. The molecule has 1 aromatic carbocycles. The van der Waals surface area contributed by atoms with Crippen molar-refractivity contribution in [3.05, 3.63) is 41.1 Å². The number of benzene rings is 1. The number of hydrogen-bond donors (Lipinski definition) is 0. The van der Waals surface area contributed by atoms with E-state index in [9.17, 15) is 5.21 Å². The molecule has 0 aliphatic heterocycles. The van der Waals surface area contributed by atoms with Crippen molar-refractivity contribution in [2.75, 3.05) is 0 Å². The van der Waals surface area contributed by atoms with Crippen LogP contribution in [0.4, 0.5) is 0 Å². The SMILES string of the molecule is N#C/C(=N/[O-])c1ccccc1.[Na+]. The number of nitriles is 1. The zero-order valence-corrected chi connectivity index (χ0v) is 8.69. The Bertz CT molecular complexity index is 303. The van der Waals surface area contributed by atoms with E-state index in [1.807, 2.05) is 6.07 Å². The van der Waals surface area contributed by atoms with Gasteiger partial charge in [-0.25, -0.2) is 0 Å². The average Bonchev–Trinajstić information content (AvgIpc) is 2.09. The van der Waals surface area contributed by atoms with E-state index in [-0.39, 0.29) is 35.3 Å². The van der Waals surface area contributed by atoms with Crippen LogP contribution >= 0.6 is 0 Å². The Morgan fingerprint density at radius 2 is 1.92 bits per heavy atom. The topological polar surface area (TPSA) is 59.2 Å². The van der Waals surface area contributed by atoms with Crippen molar-refractivity contribution in [1.82, 2.24) is 0 Å². The van der Waals surface area contributed by atoms with Crippen molar-refractivity contribution in [1.29, 1.82) is 5.26 Å². The average molecular weight is 168 g/mol. The normalized spacial score (nSPS) is 9.75. The summed E-state index contributed by atoms with van der Waals surface area (Å²) >= 11 is 0. The van der Waals surface area contributed by atoms with Gasteiger partial charge in [0.25, 0.3) is 0 Å². The first-order valence-electron chi connectivity index (χ1n) is 3.04. The summed E-state index contributed by atoms with van der Waals surface area (Å²) < 4.78 is 0. The van der Waals surface area contributed by atoms with Gasteiger partial charge < -0.3 is 10.4 Å². The van der Waals surface area contributed by atoms with Crippen molar-refractivity contribution < 1.29 is 29.6 Å². The van der Waals surface area contributed by atoms with E-state index in [1.54, 1.807) is 30.3 Å². The summed E-state index contributed by atoms with van der Waals surface area (Å²) in [5.74, 6) is 0. The van der Waals surface area contributed by atoms with Gasteiger partial charge in [-0.3, -0.25) is 0 Å². The van der Waals surface area contributed by atoms with E-state index in [2.05, 4.69) is 5.16 Å². The Morgan fingerprint density at radius 3 is 2.33 bits per heavy atom. The second kappa shape index (κ2) is 5.78. The molecule has 0 saturated carbocycles. The van der Waals surface area contributed by atoms with Gasteiger partial charge in [-0.15, -0.1) is 0 Å². The third kappa shape index (κ3) is 2.67. The van der Waals surface area contributed by atoms with Gasteiger partial charge in [0, 0.05) is 5.56 Å². The maximum absolute atomic E-state index is 10.0. The van der Waals surface area contributed by atoms with Crippen LogP contribution in [0, 0.1) is 16.5 Å². The number of hydrogen-bond acceptors (Lipinski definition) is 3. The molecule has 0 aromatic heterocycles. The minimum Gasteiger partial charge on any atom is -0.791 e. The second-order valence-electron chi connectivity index (χ2n) is 1.92. The van der Waals surface area contributed by atoms with E-state index >= 15 is 0 Å². The minimum atomic E-state index is -0.0781. The van der Waals surface area contributed by atoms with Crippen LogP contribution in [0.2, 0.25) is 0 Å². The molecule has 0 aliphatic carbocycles. The molecular formula is C8H5N2NaO. The Kier molecular flexibility index (Phi) is 5.39. The van der Waals surface area contributed by atoms with Crippen molar-refractivity contribution in [3.63, 3.8) is 0 Å². The summed E-state index contributed by atoms with van der Waals surface area (Å²) in [6, 6.07) is 10.3. The number of nitrogens with zero attached hydrogens (tertiary/aromatic N) is 2. The molecule has 0 radical (unpaired) electrons. The van der Waals surface area contributed by atoms with Gasteiger partial charge >= 0.3 is 29.6 Å². The first kappa shape index (κ1) is 11.2. The largest absolute Gasteiger partial charge is 1.00 e. The molecule has 1 rings (SSSR count). The van der Waals surface area contributed by atoms with Gasteiger partial charge in [0.05, 0.1) is 0 Å². The van der Waals surface area contributed by atoms with Crippen LogP contribution in [-0.4, -0.2) is 5.71 Å². The van der Waals surface area contributed by atoms with Crippen LogP contribution in [0.1, 0.15) is 5.56 Å². The molecule has 54 valence electrons. The molecule has 0 aliphatic rings. The van der Waals surface area contributed by atoms with Gasteiger partial charge in [-0.2, -0.15) is 5.26 Å². The molecular weight excluding hydrogens is 163 g/mol. The molecule has 0 fully saturated rings. The van der Waals surface area contributed by atoms with Crippen LogP contribution < -0.4 is 29.6 Å². The van der Waals surface area contributed by atoms with Crippen molar-refractivity contribution in [2.45, 2.75) is 0 Å². The molecule has 0 unspecified atom stereocenters. The fourth-order valence-corrected chi connectivity index (χ4v) is 0.734. The predicted molar refractivity (Wildman–Crippen MR) is 42.0 cm³/mol. The molecule has 12 heavy (non-hydrogen) atoms. The van der Waals surface area contributed by atoms with E-state index in [0.717, 1.165) is 0 Å². The molecule has 0 spiro atoms. The van der Waals surface area contributed by atoms with Gasteiger partial charge in [0.15, 0.2) is 0 Å². The summed E-state index contributed by atoms with van der Waals surface area (Å²) in [7, 11) is 0. The van der Waals surface area contributed by atoms with Crippen LogP contribution in [0.15, 0.2) is 35.5 Å². The van der Waals surface area contributed by atoms with Gasteiger partial charge in [0.2, 0.25) is 0 Å². The summed E-state index contributed by atoms with van der Waals surface area (Å²) in [6.45, 7) is 0. The first-order valence-corrected chi connectivity index (χ1v) is 3.04. The zero-order chi connectivity index (χ0) is 8.10. The van der Waals surface area contributed by atoms with E-state index in [1.165, 1.54) is 0 Å². The Morgan fingerprint density at radius 1 is 1.33 bits per heavy atom. The van der Waals surface area contributed by atoms with Gasteiger partial charge in [-0.1, -0.05) is 30.3 Å². The van der Waals surface area contributed by atoms with Crippen LogP contribution in [-0.2, 0) is 0 Å². The van der Waals surface area contributed by atoms with E-state index in [4.69, 9.17) is 5.26 Å². The summed E-state index contributed by atoms with van der Waals surface area (Å²) in [5, 5.41) is 21.0. The Labute approximate surface area is 92.6 Å². The van der Waals surface area contributed by atoms with E-state index in [0.29, 0.717) is 5.56 Å². The predicted octanol–water partition coefficient (Wildman–Crippen LogP) is -1.50. The summed E-state index contributed by atoms with van der Waals surface area (Å²) in [5.41, 5.74) is 0.482. The fourth-order valence-electron chi connectivity index (χ4n) is 0.734. The third-order valence-electron chi connectivity index (χ3n) is 1.24. The molecule has 4 heteroatoms. The van der Waals surface area contributed by atoms with Gasteiger partial charge in [-0.05, 0) is 0 Å². The fraction of sp³-hybridized carbons (Fsp3) is 0. The molecule has 0 saturated heterocycles. The van der Waals surface area contributed by atoms with Crippen LogP contribution in [0.3, 0.4) is 0 Å². The van der Waals surface area contributed by atoms with Crippen LogP contribution in [0.25, 0.3) is 0 Å². The molecule has 0 N–H and O–H groups in total. The smallest absolute Gasteiger partial charge is 0.791 e. The minimum absolute atomic E-state index is 0. The Balaban J connectivity index is 0.00000121. The molecule has 3 nitrogen and oxygen atoms in total. The van der Waals surface area contributed by atoms with E-state index < -0.39 is 0 Å². The van der Waals surface area contributed by atoms with Crippen molar-refractivity contribution in [3.8, 4) is 6.07 Å². The first-order chi connectivity index (χ1) is 5.38. The van der Waals surface area contributed by atoms with Gasteiger partial charge in [0.1, 0.15) is 11.8 Å². The third-order valence-corrected chi connectivity index (χ3v) is 1.24. The Hall–Kier alpha value is -0.820. The number of rotatable bonds is 1. The quantitative estimate of drug-likeness (QED) is 0.291. The van der Waals surface area contributed by atoms with Crippen molar-refractivity contribution in [2.24, 2.45) is 5.16 Å². The molecule has 1 aromatic rings. The standard InChI is InChI=1S/C8H6N2O.Na/c9-6-8(10-11)7-4-2-1-3-5-7;/h1-5,11H;/q;+1/p-1/b10-8-;. The molecule has 0 atom stereocenters. The molecule has 0 bridgehead atoms. The molecule has 0 amide bonds. The zero-order valence-electron chi connectivity index (χ0n) is 6.69.